The quantitative estimate of drug-likeness (QED) is 0.0180. The van der Waals surface area contributed by atoms with Crippen LogP contribution in [0.1, 0.15) is 100 Å². The smallest absolute Gasteiger partial charge is 0.351 e. The number of rotatable bonds is 35. The van der Waals surface area contributed by atoms with E-state index in [1.165, 1.54) is 77.3 Å². The van der Waals surface area contributed by atoms with Crippen LogP contribution in [-0.2, 0) is 159 Å². The van der Waals surface area contributed by atoms with Crippen molar-refractivity contribution < 1.29 is 112 Å². The zero-order chi connectivity index (χ0) is 90.3. The molecule has 65 heteroatoms. The number of nitrogen functional groups attached to an aromatic ring is 5. The average molecular weight is 2000 g/mol. The Morgan fingerprint density at radius 2 is 0.748 bits per heavy atom. The first-order chi connectivity index (χ1) is 60.2. The van der Waals surface area contributed by atoms with Gasteiger partial charge in [0, 0.05) is 69.2 Å². The third-order valence-electron chi connectivity index (χ3n) is 21.1. The van der Waals surface area contributed by atoms with Crippen molar-refractivity contribution in [2.45, 2.75) is 176 Å². The van der Waals surface area contributed by atoms with Gasteiger partial charge in [-0.1, -0.05) is 66.0 Å². The van der Waals surface area contributed by atoms with E-state index in [-0.39, 0.29) is 100 Å². The van der Waals surface area contributed by atoms with Crippen molar-refractivity contribution in [3.05, 3.63) is 109 Å². The Balaban J connectivity index is 0.612. The van der Waals surface area contributed by atoms with Gasteiger partial charge in [0.25, 0.3) is 11.1 Å². The number of nitrogens with zero attached hydrogens (tertiary/aromatic N) is 18. The largest absolute Gasteiger partial charge is 0.780 e. The summed E-state index contributed by atoms with van der Waals surface area (Å²) in [6.07, 6.45) is -11.9. The number of ether oxygens (including phenoxy) is 6. The minimum atomic E-state index is -4.98. The van der Waals surface area contributed by atoms with Crippen LogP contribution < -0.4 is 75.6 Å². The summed E-state index contributed by atoms with van der Waals surface area (Å²) in [5.41, 5.74) is 28.6. The van der Waals surface area contributed by atoms with E-state index in [0.717, 1.165) is 16.2 Å². The molecule has 688 valence electrons. The monoisotopic (exact) mass is 2000 g/mol. The summed E-state index contributed by atoms with van der Waals surface area (Å²) in [6, 6.07) is 0. The van der Waals surface area contributed by atoms with Crippen LogP contribution in [0.2, 0.25) is 0 Å². The maximum Gasteiger partial charge on any atom is 0.351 e. The molecular weight excluding hydrogens is 1920 g/mol. The summed E-state index contributed by atoms with van der Waals surface area (Å²) in [4.78, 5) is 179. The lowest BCUT2D eigenvalue weighted by molar-refractivity contribution is -0.221. The van der Waals surface area contributed by atoms with Crippen LogP contribution in [-0.4, -0.2) is 211 Å². The van der Waals surface area contributed by atoms with Crippen molar-refractivity contribution >= 4 is 186 Å². The summed E-state index contributed by atoms with van der Waals surface area (Å²) in [6.45, 7) is -27.3. The first kappa shape index (κ1) is 93.7. The van der Waals surface area contributed by atoms with E-state index in [1.54, 1.807) is 18.4 Å². The Hall–Kier alpha value is -6.53. The Morgan fingerprint density at radius 1 is 0.417 bits per heavy atom. The molecule has 10 aromatic heterocycles. The van der Waals surface area contributed by atoms with Gasteiger partial charge < -0.3 is 148 Å². The molecule has 16 heterocycles. The molecule has 6 aliphatic heterocycles. The molecule has 0 bridgehead atoms. The minimum Gasteiger partial charge on any atom is -0.780 e. The van der Waals surface area contributed by atoms with Crippen molar-refractivity contribution in [2.24, 2.45) is 0 Å². The van der Waals surface area contributed by atoms with Crippen molar-refractivity contribution in [2.75, 3.05) is 68.8 Å². The molecule has 0 spiro atoms. The lowest BCUT2D eigenvalue weighted by Crippen LogP contribution is -2.34. The summed E-state index contributed by atoms with van der Waals surface area (Å²) in [5, 5.41) is 0. The highest BCUT2D eigenvalue weighted by molar-refractivity contribution is 8.32. The number of fused-ring (bicyclic) bond motifs is 4. The summed E-state index contributed by atoms with van der Waals surface area (Å²) in [7, 11) is 1.08. The first-order valence-corrected chi connectivity index (χ1v) is 53.4. The number of anilines is 5. The molecule has 127 heavy (non-hydrogen) atoms. The van der Waals surface area contributed by atoms with E-state index < -0.39 is 213 Å². The Labute approximate surface area is 744 Å². The number of hydrogen-bond donors (Lipinski definition) is 7. The van der Waals surface area contributed by atoms with Gasteiger partial charge in [0.1, 0.15) is 143 Å². The highest BCUT2D eigenvalue weighted by Crippen LogP contribution is 2.56. The van der Waals surface area contributed by atoms with Crippen LogP contribution in [0, 0.1) is 13.8 Å². The van der Waals surface area contributed by atoms with E-state index in [4.69, 9.17) is 183 Å². The molecule has 0 aromatic carbocycles. The predicted octanol–water partition coefficient (Wildman–Crippen LogP) is -1.27. The molecule has 0 saturated carbocycles. The van der Waals surface area contributed by atoms with Crippen molar-refractivity contribution in [3.8, 4) is 0 Å². The summed E-state index contributed by atoms with van der Waals surface area (Å²) in [5.74, 6) is -0.236. The average Bonchev–Trinajstić information content (AvgIpc) is 1.61. The highest BCUT2D eigenvalue weighted by Gasteiger charge is 2.48. The number of nitrogens with one attached hydrogen (secondary N) is 2. The Bertz CT molecular complexity index is 6400. The maximum atomic E-state index is 14.9. The van der Waals surface area contributed by atoms with Gasteiger partial charge in [-0.15, -0.1) is 0 Å². The fraction of sp³-hybridized carbons (Fsp3) is 0.548. The SMILES string of the molecule is CC[C@H]1O[C@@H](n2cnc3c(N)ncnc32)CC1OP([O-])(=S)OC[C@H]1O[C@@H](n2cc(C)c(=O)[nH]c2=O)CC1OP(=O)([S-])OC[C@H]1O[C@@H](n2cnc3c(=O)[nH]c(N)nc32)CC1OP([O-])(=S)OC[C@H]1O[C@@H](n2cc(C)c(N)nc2=O)CC1OP([O-])(=S)OC[C@H]1O[C@@H](n2cnc3c(N)ncnc32)CC1OP([O-])(=S)OC[C@H]1O[C@@H](n2cnc3c(N)ncnc32)CC1OP([O-])(=S)OC. The van der Waals surface area contributed by atoms with Crippen LogP contribution in [0.15, 0.2) is 75.9 Å². The van der Waals surface area contributed by atoms with E-state index >= 15 is 0 Å². The standard InChI is InChI=1S/C62H81N25O28P6S6/c1-5-28-29(6-42(104-28)84-22-74-46-51(64)68-19-71-54(46)84)111-117(93,123)99-15-37-32(8-41(106-37)83-13-27(3)58(88)81-62(83)91)113-119(95,125)103-18-39-34(11-45(109-39)87-25-77-49-57(87)79-60(67)80-59(49)89)115-121(97,127)101-16-36-31(7-40(105-36)82-12-26(2)50(63)78-61(82)90)112-118(94,124)102-17-38-33(10-44(108-38)86-24-76-48-53(66)70-21-73-56(48)86)114-120(96,126)100-14-35-30(110-116(92,122)98-4)9-43(107-35)85-23-75-47-52(65)69-20-72-55(47)85/h12-13,19-25,28-45H,5-11,14-18H2,1-4H3,(H,92,122)(H,93,123)(H,94,124)(H,95,125)(H,96,126)(H,97,127)(H2,63,78,90)(H2,64,68,71)(H2,65,69,72)(H2,66,70,73)(H,81,88,91)(H3,67,79,80,89)/p-6/t28-,29?,30?,31?,32?,33?,34?,35-,36-,37-,38-,39-,40-,41-,42-,43-,44-,45-,116?,117?,118?,119?,120?,121?/m1/s1. The molecule has 0 amide bonds. The lowest BCUT2D eigenvalue weighted by atomic mass is 10.1. The maximum absolute atomic E-state index is 14.9. The molecule has 16 rings (SSSR count). The van der Waals surface area contributed by atoms with Gasteiger partial charge in [-0.3, -0.25) is 51.5 Å². The third kappa shape index (κ3) is 21.0. The van der Waals surface area contributed by atoms with Gasteiger partial charge >= 0.3 is 11.4 Å². The molecule has 0 aliphatic carbocycles. The number of hydrogen-bond acceptors (Lipinski definition) is 51. The molecule has 10 aromatic rings. The van der Waals surface area contributed by atoms with E-state index in [9.17, 15) is 48.2 Å². The van der Waals surface area contributed by atoms with E-state index in [1.807, 2.05) is 0 Å². The molecule has 6 fully saturated rings. The second kappa shape index (κ2) is 37.5. The van der Waals surface area contributed by atoms with Gasteiger partial charge in [0.15, 0.2) is 52.4 Å². The minimum absolute atomic E-state index is 0.00973. The van der Waals surface area contributed by atoms with Gasteiger partial charge in [0.2, 0.25) is 5.95 Å². The first-order valence-electron chi connectivity index (χ1n) is 38.0. The topological polar surface area (TPSA) is 713 Å². The van der Waals surface area contributed by atoms with Crippen LogP contribution in [0.4, 0.5) is 29.2 Å². The van der Waals surface area contributed by atoms with Gasteiger partial charge in [-0.2, -0.15) is 9.97 Å². The van der Waals surface area contributed by atoms with Crippen LogP contribution in [0.5, 0.6) is 0 Å². The molecule has 12 unspecified atom stereocenters. The second-order valence-corrected chi connectivity index (χ2v) is 45.6. The van der Waals surface area contributed by atoms with E-state index in [2.05, 4.69) is 69.8 Å². The number of aryl methyl sites for hydroxylation is 2. The molecule has 12 N–H and O–H groups in total. The van der Waals surface area contributed by atoms with Gasteiger partial charge in [-0.05, 0) is 20.3 Å². The summed E-state index contributed by atoms with van der Waals surface area (Å²) >= 11 is 32.6. The zero-order valence-electron chi connectivity index (χ0n) is 66.1. The molecule has 6 saturated heterocycles. The van der Waals surface area contributed by atoms with Gasteiger partial charge in [0.05, 0.1) is 101 Å². The molecule has 0 radical (unpaired) electrons. The number of aromatic nitrogens is 20. The second-order valence-electron chi connectivity index (χ2n) is 29.3. The normalized spacial score (nSPS) is 29.3. The van der Waals surface area contributed by atoms with Crippen molar-refractivity contribution in [1.82, 2.24) is 97.2 Å². The number of nitrogens with two attached hydrogens (primary N) is 5. The zero-order valence-corrected chi connectivity index (χ0v) is 76.3. The molecule has 53 nitrogen and oxygen atoms in total. The molecular formula is C62H75N25O28P6S6-6. The third-order valence-corrected chi connectivity index (χ3v) is 30.6. The van der Waals surface area contributed by atoms with Crippen LogP contribution in [0.25, 0.3) is 44.7 Å². The van der Waals surface area contributed by atoms with E-state index in [0.29, 0.717) is 23.1 Å². The highest BCUT2D eigenvalue weighted by atomic mass is 32.7. The van der Waals surface area contributed by atoms with Crippen LogP contribution in [0.3, 0.4) is 0 Å². The summed E-state index contributed by atoms with van der Waals surface area (Å²) < 4.78 is 131. The van der Waals surface area contributed by atoms with Crippen molar-refractivity contribution in [3.63, 3.8) is 0 Å². The Morgan fingerprint density at radius 3 is 1.14 bits per heavy atom. The molecule has 6 aliphatic rings. The fourth-order valence-electron chi connectivity index (χ4n) is 15.0. The number of imidazole rings is 4. The van der Waals surface area contributed by atoms with Crippen molar-refractivity contribution in [1.29, 1.82) is 0 Å². The number of H-pyrrole nitrogens is 2. The fourth-order valence-corrected chi connectivity index (χ4v) is 23.3. The van der Waals surface area contributed by atoms with Gasteiger partial charge in [-0.25, -0.2) is 59.4 Å². The molecule has 24 atom stereocenters. The number of aromatic amines is 2. The predicted molar refractivity (Wildman–Crippen MR) is 449 cm³/mol. The van der Waals surface area contributed by atoms with Crippen LogP contribution >= 0.6 is 40.4 Å². The lowest BCUT2D eigenvalue weighted by Gasteiger charge is -2.36. The Kier molecular flexibility index (Phi) is 27.7.